The maximum atomic E-state index is 12.0. The fourth-order valence-electron chi connectivity index (χ4n) is 1.57. The van der Waals surface area contributed by atoms with Crippen LogP contribution in [0.15, 0.2) is 55.3 Å². The number of hydrogen-bond donors (Lipinski definition) is 0. The molecule has 0 unspecified atom stereocenters. The van der Waals surface area contributed by atoms with Crippen LogP contribution in [-0.4, -0.2) is 34.3 Å². The molecule has 4 nitrogen and oxygen atoms in total. The summed E-state index contributed by atoms with van der Waals surface area (Å²) in [6.07, 6.45) is 5.29. The summed E-state index contributed by atoms with van der Waals surface area (Å²) in [5, 5.41) is 0. The van der Waals surface area contributed by atoms with Gasteiger partial charge in [0.15, 0.2) is 0 Å². The highest BCUT2D eigenvalue weighted by Gasteiger charge is 2.11. The third kappa shape index (κ3) is 2.32. The van der Waals surface area contributed by atoms with Gasteiger partial charge in [-0.25, -0.2) is 4.98 Å². The number of likely N-dealkylation sites (N-methyl/N-ethyl adjacent to an activating group) is 1. The van der Waals surface area contributed by atoms with Gasteiger partial charge >= 0.3 is 0 Å². The van der Waals surface area contributed by atoms with E-state index in [0.29, 0.717) is 11.3 Å². The number of ketones is 1. The highest BCUT2D eigenvalue weighted by atomic mass is 16.1. The maximum Gasteiger partial charge on any atom is 0.208 e. The number of Topliss-reactive ketones (excluding diaryl/α,β-unsaturated/α-hetero) is 1. The first-order valence-corrected chi connectivity index (χ1v) is 5.59. The van der Waals surface area contributed by atoms with E-state index < -0.39 is 0 Å². The van der Waals surface area contributed by atoms with Crippen molar-refractivity contribution in [2.75, 3.05) is 14.1 Å². The minimum absolute atomic E-state index is 0.0582. The molecular weight excluding hydrogens is 226 g/mol. The van der Waals surface area contributed by atoms with Crippen LogP contribution in [0, 0.1) is 0 Å². The lowest BCUT2D eigenvalue weighted by Crippen LogP contribution is -2.18. The SMILES string of the molecule is C=C(C(=O)c1ccc(-n2ccnc2)cc1)N(C)C. The van der Waals surface area contributed by atoms with Crippen LogP contribution in [0.2, 0.25) is 0 Å². The third-order valence-corrected chi connectivity index (χ3v) is 2.73. The van der Waals surface area contributed by atoms with Crippen LogP contribution in [0.1, 0.15) is 10.4 Å². The van der Waals surface area contributed by atoms with Crippen molar-refractivity contribution in [1.82, 2.24) is 14.5 Å². The predicted molar refractivity (Wildman–Crippen MR) is 70.7 cm³/mol. The molecule has 92 valence electrons. The molecule has 18 heavy (non-hydrogen) atoms. The molecule has 0 N–H and O–H groups in total. The van der Waals surface area contributed by atoms with Crippen LogP contribution in [0.3, 0.4) is 0 Å². The van der Waals surface area contributed by atoms with Gasteiger partial charge in [-0.1, -0.05) is 6.58 Å². The van der Waals surface area contributed by atoms with Gasteiger partial charge in [0, 0.05) is 37.7 Å². The Kier molecular flexibility index (Phi) is 3.28. The average molecular weight is 241 g/mol. The second-order valence-corrected chi connectivity index (χ2v) is 4.19. The molecule has 1 aromatic heterocycles. The zero-order valence-electron chi connectivity index (χ0n) is 10.5. The summed E-state index contributed by atoms with van der Waals surface area (Å²) in [4.78, 5) is 17.7. The molecule has 0 saturated carbocycles. The Morgan fingerprint density at radius 3 is 2.44 bits per heavy atom. The van der Waals surface area contributed by atoms with Crippen molar-refractivity contribution < 1.29 is 4.79 Å². The van der Waals surface area contributed by atoms with Crippen molar-refractivity contribution in [2.24, 2.45) is 0 Å². The Labute approximate surface area is 106 Å². The lowest BCUT2D eigenvalue weighted by Gasteiger charge is -2.14. The van der Waals surface area contributed by atoms with Crippen LogP contribution in [0.5, 0.6) is 0 Å². The summed E-state index contributed by atoms with van der Waals surface area (Å²) in [6, 6.07) is 7.37. The van der Waals surface area contributed by atoms with E-state index in [-0.39, 0.29) is 5.78 Å². The van der Waals surface area contributed by atoms with Gasteiger partial charge in [0.25, 0.3) is 0 Å². The number of nitrogens with zero attached hydrogens (tertiary/aromatic N) is 3. The van der Waals surface area contributed by atoms with E-state index >= 15 is 0 Å². The quantitative estimate of drug-likeness (QED) is 0.608. The average Bonchev–Trinajstić information content (AvgIpc) is 2.91. The molecule has 0 amide bonds. The summed E-state index contributed by atoms with van der Waals surface area (Å²) in [6.45, 7) is 3.76. The minimum atomic E-state index is -0.0582. The predicted octanol–water partition coefficient (Wildman–Crippen LogP) is 2.13. The molecule has 0 fully saturated rings. The van der Waals surface area contributed by atoms with Gasteiger partial charge in [-0.05, 0) is 24.3 Å². The number of benzene rings is 1. The molecule has 0 aliphatic rings. The fraction of sp³-hybridized carbons (Fsp3) is 0.143. The Balaban J connectivity index is 2.23. The molecule has 0 radical (unpaired) electrons. The summed E-state index contributed by atoms with van der Waals surface area (Å²) in [5.41, 5.74) is 2.09. The smallest absolute Gasteiger partial charge is 0.208 e. The largest absolute Gasteiger partial charge is 0.375 e. The molecule has 0 atom stereocenters. The van der Waals surface area contributed by atoms with Gasteiger partial charge in [-0.2, -0.15) is 0 Å². The van der Waals surface area contributed by atoms with E-state index in [2.05, 4.69) is 11.6 Å². The van der Waals surface area contributed by atoms with Crippen molar-refractivity contribution in [3.63, 3.8) is 0 Å². The number of rotatable bonds is 4. The molecule has 2 rings (SSSR count). The molecule has 0 aliphatic carbocycles. The normalized spacial score (nSPS) is 10.1. The number of carbonyl (C=O) groups excluding carboxylic acids is 1. The minimum Gasteiger partial charge on any atom is -0.375 e. The molecule has 2 aromatic rings. The molecule has 0 bridgehead atoms. The number of carbonyl (C=O) groups is 1. The van der Waals surface area contributed by atoms with E-state index in [1.807, 2.05) is 22.9 Å². The number of imidazole rings is 1. The van der Waals surface area contributed by atoms with Gasteiger partial charge < -0.3 is 9.47 Å². The van der Waals surface area contributed by atoms with Gasteiger partial charge in [-0.15, -0.1) is 0 Å². The Morgan fingerprint density at radius 2 is 1.94 bits per heavy atom. The van der Waals surface area contributed by atoms with Crippen molar-refractivity contribution in [1.29, 1.82) is 0 Å². The molecule has 0 spiro atoms. The monoisotopic (exact) mass is 241 g/mol. The Bertz CT molecular complexity index is 553. The summed E-state index contributed by atoms with van der Waals surface area (Å²) >= 11 is 0. The zero-order chi connectivity index (χ0) is 13.1. The van der Waals surface area contributed by atoms with Gasteiger partial charge in [0.2, 0.25) is 5.78 Å². The van der Waals surface area contributed by atoms with E-state index in [9.17, 15) is 4.79 Å². The van der Waals surface area contributed by atoms with Crippen molar-refractivity contribution in [3.8, 4) is 5.69 Å². The summed E-state index contributed by atoms with van der Waals surface area (Å²) in [5.74, 6) is -0.0582. The summed E-state index contributed by atoms with van der Waals surface area (Å²) in [7, 11) is 3.61. The van der Waals surface area contributed by atoms with E-state index in [0.717, 1.165) is 5.69 Å². The van der Waals surface area contributed by atoms with Gasteiger partial charge in [-0.3, -0.25) is 4.79 Å². The molecule has 0 aliphatic heterocycles. The number of hydrogen-bond acceptors (Lipinski definition) is 3. The third-order valence-electron chi connectivity index (χ3n) is 2.73. The molecule has 4 heteroatoms. The maximum absolute atomic E-state index is 12.0. The summed E-state index contributed by atoms with van der Waals surface area (Å²) < 4.78 is 1.88. The van der Waals surface area contributed by atoms with E-state index in [4.69, 9.17) is 0 Å². The first-order valence-electron chi connectivity index (χ1n) is 5.59. The molecule has 1 aromatic carbocycles. The van der Waals surface area contributed by atoms with Gasteiger partial charge in [0.1, 0.15) is 0 Å². The van der Waals surface area contributed by atoms with Gasteiger partial charge in [0.05, 0.1) is 12.0 Å². The standard InChI is InChI=1S/C14H15N3O/c1-11(16(2)3)14(18)12-4-6-13(7-5-12)17-9-8-15-10-17/h4-10H,1H2,2-3H3. The second kappa shape index (κ2) is 4.87. The highest BCUT2D eigenvalue weighted by Crippen LogP contribution is 2.13. The van der Waals surface area contributed by atoms with Crippen LogP contribution in [0.4, 0.5) is 0 Å². The first-order chi connectivity index (χ1) is 8.59. The molecule has 1 heterocycles. The Hall–Kier alpha value is -2.36. The van der Waals surface area contributed by atoms with Crippen LogP contribution < -0.4 is 0 Å². The van der Waals surface area contributed by atoms with Crippen molar-refractivity contribution in [3.05, 3.63) is 60.8 Å². The lowest BCUT2D eigenvalue weighted by molar-refractivity contribution is 0.100. The van der Waals surface area contributed by atoms with Crippen LogP contribution in [0.25, 0.3) is 5.69 Å². The first kappa shape index (κ1) is 12.1. The van der Waals surface area contributed by atoms with E-state index in [1.165, 1.54) is 0 Å². The lowest BCUT2D eigenvalue weighted by atomic mass is 10.1. The zero-order valence-corrected chi connectivity index (χ0v) is 10.5. The Morgan fingerprint density at radius 1 is 1.28 bits per heavy atom. The second-order valence-electron chi connectivity index (χ2n) is 4.19. The number of allylic oxidation sites excluding steroid dienone is 1. The topological polar surface area (TPSA) is 38.1 Å². The number of aromatic nitrogens is 2. The molecule has 0 saturated heterocycles. The molecular formula is C14H15N3O. The fourth-order valence-corrected chi connectivity index (χ4v) is 1.57. The van der Waals surface area contributed by atoms with Crippen molar-refractivity contribution >= 4 is 5.78 Å². The van der Waals surface area contributed by atoms with Crippen molar-refractivity contribution in [2.45, 2.75) is 0 Å². The van der Waals surface area contributed by atoms with Crippen LogP contribution in [-0.2, 0) is 0 Å². The highest BCUT2D eigenvalue weighted by molar-refractivity contribution is 6.07. The van der Waals surface area contributed by atoms with E-state index in [1.54, 1.807) is 43.7 Å². The van der Waals surface area contributed by atoms with Crippen LogP contribution >= 0.6 is 0 Å².